The Bertz CT molecular complexity index is 803. The normalized spacial score (nSPS) is 23.9. The van der Waals surface area contributed by atoms with Crippen LogP contribution >= 0.6 is 0 Å². The number of likely N-dealkylation sites (tertiary alicyclic amines) is 1. The summed E-state index contributed by atoms with van der Waals surface area (Å²) in [5, 5.41) is 4.37. The highest BCUT2D eigenvalue weighted by Gasteiger charge is 2.32. The van der Waals surface area contributed by atoms with E-state index in [0.29, 0.717) is 32.5 Å². The van der Waals surface area contributed by atoms with Gasteiger partial charge in [0.2, 0.25) is 5.91 Å². The highest BCUT2D eigenvalue weighted by molar-refractivity contribution is 7.91. The molecule has 0 bridgehead atoms. The second kappa shape index (κ2) is 6.93. The number of rotatable bonds is 4. The zero-order chi connectivity index (χ0) is 18.2. The molecule has 25 heavy (non-hydrogen) atoms. The number of aromatic nitrogens is 3. The summed E-state index contributed by atoms with van der Waals surface area (Å²) < 4.78 is 26.1. The van der Waals surface area contributed by atoms with Gasteiger partial charge in [-0.2, -0.15) is 5.10 Å². The van der Waals surface area contributed by atoms with Crippen LogP contribution in [0.4, 0.5) is 0 Å². The van der Waals surface area contributed by atoms with E-state index < -0.39 is 9.84 Å². The lowest BCUT2D eigenvalue weighted by Gasteiger charge is -2.32. The Kier molecular flexibility index (Phi) is 5.04. The minimum absolute atomic E-state index is 0.0312. The molecule has 1 atom stereocenters. The van der Waals surface area contributed by atoms with Crippen molar-refractivity contribution >= 4 is 15.7 Å². The van der Waals surface area contributed by atoms with E-state index in [1.165, 1.54) is 4.68 Å². The maximum absolute atomic E-state index is 12.4. The van der Waals surface area contributed by atoms with Gasteiger partial charge < -0.3 is 4.90 Å². The molecular weight excluding hydrogens is 344 g/mol. The number of hydrogen-bond acceptors (Lipinski definition) is 5. The van der Waals surface area contributed by atoms with Gasteiger partial charge >= 0.3 is 5.69 Å². The van der Waals surface area contributed by atoms with E-state index >= 15 is 0 Å². The maximum atomic E-state index is 12.4. The summed E-state index contributed by atoms with van der Waals surface area (Å²) in [6.45, 7) is 3.80. The van der Waals surface area contributed by atoms with Gasteiger partial charge in [0, 0.05) is 39.0 Å². The first kappa shape index (κ1) is 18.2. The highest BCUT2D eigenvalue weighted by atomic mass is 32.2. The highest BCUT2D eigenvalue weighted by Crippen LogP contribution is 2.28. The van der Waals surface area contributed by atoms with Crippen molar-refractivity contribution < 1.29 is 13.2 Å². The van der Waals surface area contributed by atoms with Crippen molar-refractivity contribution in [1.82, 2.24) is 19.2 Å². The number of nitrogens with zero attached hydrogens (tertiary/aromatic N) is 4. The summed E-state index contributed by atoms with van der Waals surface area (Å²) in [6, 6.07) is 0. The van der Waals surface area contributed by atoms with Gasteiger partial charge in [0.15, 0.2) is 9.84 Å². The molecule has 0 saturated carbocycles. The molecule has 140 valence electrons. The van der Waals surface area contributed by atoms with E-state index in [2.05, 4.69) is 5.10 Å². The average Bonchev–Trinajstić information content (AvgIpc) is 3.06. The van der Waals surface area contributed by atoms with Gasteiger partial charge in [-0.25, -0.2) is 17.9 Å². The third kappa shape index (κ3) is 3.80. The zero-order valence-electron chi connectivity index (χ0n) is 14.8. The second-order valence-corrected chi connectivity index (χ2v) is 9.37. The van der Waals surface area contributed by atoms with Gasteiger partial charge in [-0.3, -0.25) is 9.36 Å². The van der Waals surface area contributed by atoms with E-state index in [0.717, 1.165) is 18.7 Å². The summed E-state index contributed by atoms with van der Waals surface area (Å²) in [4.78, 5) is 26.3. The molecule has 1 aromatic heterocycles. The first-order chi connectivity index (χ1) is 11.8. The molecular formula is C16H26N4O4S. The van der Waals surface area contributed by atoms with Crippen LogP contribution in [0.15, 0.2) is 4.79 Å². The van der Waals surface area contributed by atoms with E-state index in [1.54, 1.807) is 11.6 Å². The van der Waals surface area contributed by atoms with E-state index in [1.807, 2.05) is 11.8 Å². The Labute approximate surface area is 147 Å². The van der Waals surface area contributed by atoms with Crippen LogP contribution < -0.4 is 5.69 Å². The Morgan fingerprint density at radius 1 is 1.24 bits per heavy atom. The summed E-state index contributed by atoms with van der Waals surface area (Å²) in [5.74, 6) is 1.37. The number of carbonyl (C=O) groups excluding carboxylic acids is 1. The van der Waals surface area contributed by atoms with Crippen LogP contribution in [0.1, 0.15) is 44.3 Å². The minimum atomic E-state index is -2.94. The van der Waals surface area contributed by atoms with Crippen molar-refractivity contribution in [1.29, 1.82) is 0 Å². The molecule has 0 radical (unpaired) electrons. The number of amides is 1. The fourth-order valence-electron chi connectivity index (χ4n) is 3.92. The van der Waals surface area contributed by atoms with Crippen LogP contribution in [0.25, 0.3) is 0 Å². The minimum Gasteiger partial charge on any atom is -0.343 e. The third-order valence-electron chi connectivity index (χ3n) is 5.36. The monoisotopic (exact) mass is 370 g/mol. The second-order valence-electron chi connectivity index (χ2n) is 7.14. The van der Waals surface area contributed by atoms with E-state index in [9.17, 15) is 18.0 Å². The van der Waals surface area contributed by atoms with Crippen molar-refractivity contribution in [3.8, 4) is 0 Å². The molecule has 1 amide bonds. The van der Waals surface area contributed by atoms with Gasteiger partial charge in [0.1, 0.15) is 5.82 Å². The molecule has 3 rings (SSSR count). The van der Waals surface area contributed by atoms with Crippen LogP contribution in [0.2, 0.25) is 0 Å². The molecule has 3 heterocycles. The van der Waals surface area contributed by atoms with E-state index in [-0.39, 0.29) is 34.9 Å². The molecule has 2 aliphatic heterocycles. The lowest BCUT2D eigenvalue weighted by molar-refractivity contribution is -0.133. The van der Waals surface area contributed by atoms with Gasteiger partial charge in [-0.15, -0.1) is 0 Å². The number of hydrogen-bond donors (Lipinski definition) is 0. The molecule has 8 nitrogen and oxygen atoms in total. The average molecular weight is 370 g/mol. The summed E-state index contributed by atoms with van der Waals surface area (Å²) in [6.07, 6.45) is 2.49. The summed E-state index contributed by atoms with van der Waals surface area (Å²) in [7, 11) is -1.28. The molecule has 0 spiro atoms. The molecule has 2 aliphatic rings. The Hall–Kier alpha value is -1.64. The van der Waals surface area contributed by atoms with Crippen molar-refractivity contribution in [2.45, 2.75) is 45.1 Å². The summed E-state index contributed by atoms with van der Waals surface area (Å²) in [5.41, 5.74) is -0.0987. The smallest absolute Gasteiger partial charge is 0.343 e. The first-order valence-corrected chi connectivity index (χ1v) is 10.7. The van der Waals surface area contributed by atoms with Gasteiger partial charge in [0.25, 0.3) is 0 Å². The third-order valence-corrected chi connectivity index (χ3v) is 7.19. The molecule has 2 fully saturated rings. The maximum Gasteiger partial charge on any atom is 0.345 e. The molecule has 9 heteroatoms. The molecule has 1 aromatic rings. The molecule has 1 unspecified atom stereocenters. The Morgan fingerprint density at radius 2 is 1.92 bits per heavy atom. The fraction of sp³-hybridized carbons (Fsp3) is 0.812. The number of sulfone groups is 1. The predicted octanol–water partition coefficient (Wildman–Crippen LogP) is 0.133. The van der Waals surface area contributed by atoms with Crippen LogP contribution in [0.3, 0.4) is 0 Å². The number of aryl methyl sites for hydroxylation is 1. The van der Waals surface area contributed by atoms with Crippen LogP contribution in [-0.4, -0.2) is 58.2 Å². The van der Waals surface area contributed by atoms with Gasteiger partial charge in [-0.1, -0.05) is 0 Å². The van der Waals surface area contributed by atoms with Crippen molar-refractivity contribution in [2.24, 2.45) is 13.0 Å². The van der Waals surface area contributed by atoms with E-state index in [4.69, 9.17) is 0 Å². The van der Waals surface area contributed by atoms with Gasteiger partial charge in [0.05, 0.1) is 11.5 Å². The van der Waals surface area contributed by atoms with Crippen LogP contribution in [0.5, 0.6) is 0 Å². The number of carbonyl (C=O) groups is 1. The van der Waals surface area contributed by atoms with Gasteiger partial charge in [-0.05, 0) is 32.1 Å². The molecule has 0 N–H and O–H groups in total. The zero-order valence-corrected chi connectivity index (χ0v) is 15.7. The predicted molar refractivity (Wildman–Crippen MR) is 93.1 cm³/mol. The lowest BCUT2D eigenvalue weighted by Crippen LogP contribution is -2.39. The first-order valence-electron chi connectivity index (χ1n) is 8.92. The SMILES string of the molecule is CCn1c(C2CCN(C(=O)CC3CCS(=O)(=O)C3)CC2)nn(C)c1=O. The Morgan fingerprint density at radius 3 is 2.48 bits per heavy atom. The molecule has 2 saturated heterocycles. The van der Waals surface area contributed by atoms with Crippen molar-refractivity contribution in [3.63, 3.8) is 0 Å². The largest absolute Gasteiger partial charge is 0.345 e. The fourth-order valence-corrected chi connectivity index (χ4v) is 5.78. The number of piperidine rings is 1. The lowest BCUT2D eigenvalue weighted by atomic mass is 9.95. The molecule has 0 aromatic carbocycles. The van der Waals surface area contributed by atoms with Crippen LogP contribution in [0, 0.1) is 5.92 Å². The standard InChI is InChI=1S/C16H26N4O4S/c1-3-20-15(17-18(2)16(20)22)13-4-7-19(8-5-13)14(21)10-12-6-9-25(23,24)11-12/h12-13H,3-11H2,1-2H3. The van der Waals surface area contributed by atoms with Crippen LogP contribution in [-0.2, 0) is 28.2 Å². The topological polar surface area (TPSA) is 94.3 Å². The Balaban J connectivity index is 1.58. The summed E-state index contributed by atoms with van der Waals surface area (Å²) >= 11 is 0. The quantitative estimate of drug-likeness (QED) is 0.751. The molecule has 0 aliphatic carbocycles. The van der Waals surface area contributed by atoms with Crippen molar-refractivity contribution in [3.05, 3.63) is 16.3 Å². The van der Waals surface area contributed by atoms with Crippen molar-refractivity contribution in [2.75, 3.05) is 24.6 Å².